The van der Waals surface area contributed by atoms with Gasteiger partial charge in [0.05, 0.1) is 24.2 Å². The van der Waals surface area contributed by atoms with Gasteiger partial charge in [-0.2, -0.15) is 0 Å². The topological polar surface area (TPSA) is 61.1 Å². The molecule has 1 saturated heterocycles. The number of hydrogen-bond acceptors (Lipinski definition) is 3. The predicted molar refractivity (Wildman–Crippen MR) is 99.8 cm³/mol. The van der Waals surface area contributed by atoms with E-state index < -0.39 is 0 Å². The van der Waals surface area contributed by atoms with E-state index in [4.69, 9.17) is 4.74 Å². The third-order valence-corrected chi connectivity index (χ3v) is 5.15. The summed E-state index contributed by atoms with van der Waals surface area (Å²) in [6.45, 7) is 7.92. The number of ether oxygens (including phenoxy) is 1. The van der Waals surface area contributed by atoms with E-state index in [1.165, 1.54) is 16.7 Å². The van der Waals surface area contributed by atoms with Crippen LogP contribution in [0.4, 0.5) is 0 Å². The van der Waals surface area contributed by atoms with Crippen LogP contribution in [0.3, 0.4) is 0 Å². The molecule has 0 bridgehead atoms. The van der Waals surface area contributed by atoms with Gasteiger partial charge >= 0.3 is 5.69 Å². The van der Waals surface area contributed by atoms with Crippen molar-refractivity contribution in [1.29, 1.82) is 0 Å². The molecule has 0 radical (unpaired) electrons. The minimum Gasteiger partial charge on any atom is -0.379 e. The van der Waals surface area contributed by atoms with Crippen LogP contribution in [0.1, 0.15) is 18.1 Å². The van der Waals surface area contributed by atoms with Crippen molar-refractivity contribution in [1.82, 2.24) is 14.9 Å². The Morgan fingerprint density at radius 3 is 2.88 bits per heavy atom. The molecule has 0 amide bonds. The van der Waals surface area contributed by atoms with Crippen LogP contribution in [-0.4, -0.2) is 40.7 Å². The number of benzene rings is 2. The summed E-state index contributed by atoms with van der Waals surface area (Å²) in [5.74, 6) is 0. The number of H-pyrrole nitrogens is 2. The van der Waals surface area contributed by atoms with Crippen LogP contribution in [0.2, 0.25) is 0 Å². The number of morpholine rings is 1. The molecule has 0 spiro atoms. The van der Waals surface area contributed by atoms with Crippen molar-refractivity contribution < 1.29 is 4.74 Å². The smallest absolute Gasteiger partial charge is 0.323 e. The van der Waals surface area contributed by atoms with Crippen molar-refractivity contribution in [2.24, 2.45) is 0 Å². The molecule has 1 unspecified atom stereocenters. The summed E-state index contributed by atoms with van der Waals surface area (Å²) in [5.41, 5.74) is 6.48. The van der Waals surface area contributed by atoms with Crippen LogP contribution >= 0.6 is 0 Å². The van der Waals surface area contributed by atoms with Gasteiger partial charge in [0.15, 0.2) is 0 Å². The molecular formula is C20H23N3O2. The highest BCUT2D eigenvalue weighted by atomic mass is 16.5. The minimum atomic E-state index is -0.168. The van der Waals surface area contributed by atoms with E-state index >= 15 is 0 Å². The zero-order valence-corrected chi connectivity index (χ0v) is 14.6. The molecule has 1 aliphatic rings. The van der Waals surface area contributed by atoms with Crippen molar-refractivity contribution >= 4 is 11.0 Å². The molecule has 5 heteroatoms. The van der Waals surface area contributed by atoms with Crippen molar-refractivity contribution in [3.63, 3.8) is 0 Å². The van der Waals surface area contributed by atoms with E-state index in [0.29, 0.717) is 6.04 Å². The third-order valence-electron chi connectivity index (χ3n) is 5.15. The van der Waals surface area contributed by atoms with Crippen molar-refractivity contribution in [3.8, 4) is 11.1 Å². The Hall–Kier alpha value is -2.37. The first-order valence-corrected chi connectivity index (χ1v) is 8.74. The van der Waals surface area contributed by atoms with E-state index in [9.17, 15) is 4.79 Å². The average molecular weight is 337 g/mol. The molecule has 1 fully saturated rings. The van der Waals surface area contributed by atoms with E-state index in [2.05, 4.69) is 53.0 Å². The zero-order valence-electron chi connectivity index (χ0n) is 14.6. The lowest BCUT2D eigenvalue weighted by molar-refractivity contribution is -0.00443. The normalized spacial score (nSPS) is 18.7. The maximum Gasteiger partial charge on any atom is 0.323 e. The molecule has 0 saturated carbocycles. The summed E-state index contributed by atoms with van der Waals surface area (Å²) >= 11 is 0. The zero-order chi connectivity index (χ0) is 17.4. The minimum absolute atomic E-state index is 0.168. The van der Waals surface area contributed by atoms with Gasteiger partial charge in [-0.3, -0.25) is 4.90 Å². The highest BCUT2D eigenvalue weighted by molar-refractivity contribution is 5.82. The standard InChI is InChI=1S/C20H23N3O2/c1-13-12-25-9-8-23(13)11-16-4-3-5-17(14(16)2)15-6-7-18-19(10-15)22-20(24)21-18/h3-7,10,13H,8-9,11-12H2,1-2H3,(H2,21,22,24). The van der Waals surface area contributed by atoms with Crippen LogP contribution in [0.15, 0.2) is 41.2 Å². The third kappa shape index (κ3) is 3.13. The molecular weight excluding hydrogens is 314 g/mol. The summed E-state index contributed by atoms with van der Waals surface area (Å²) in [6, 6.07) is 13.0. The van der Waals surface area contributed by atoms with E-state index in [1.54, 1.807) is 0 Å². The van der Waals surface area contributed by atoms with Crippen molar-refractivity contribution in [2.45, 2.75) is 26.4 Å². The second-order valence-corrected chi connectivity index (χ2v) is 6.82. The fraction of sp³-hybridized carbons (Fsp3) is 0.350. The largest absolute Gasteiger partial charge is 0.379 e. The van der Waals surface area contributed by atoms with Gasteiger partial charge in [-0.15, -0.1) is 0 Å². The Labute approximate surface area is 146 Å². The molecule has 3 aromatic rings. The van der Waals surface area contributed by atoms with Crippen LogP contribution in [0, 0.1) is 6.92 Å². The lowest BCUT2D eigenvalue weighted by atomic mass is 9.95. The van der Waals surface area contributed by atoms with E-state index in [1.807, 2.05) is 12.1 Å². The summed E-state index contributed by atoms with van der Waals surface area (Å²) < 4.78 is 5.54. The van der Waals surface area contributed by atoms with Gasteiger partial charge in [-0.05, 0) is 48.2 Å². The molecule has 130 valence electrons. The molecule has 0 aliphatic carbocycles. The highest BCUT2D eigenvalue weighted by Gasteiger charge is 2.20. The molecule has 2 heterocycles. The summed E-state index contributed by atoms with van der Waals surface area (Å²) in [4.78, 5) is 19.6. The Kier molecular flexibility index (Phi) is 4.19. The second-order valence-electron chi connectivity index (χ2n) is 6.82. The van der Waals surface area contributed by atoms with Gasteiger partial charge in [0.2, 0.25) is 0 Å². The van der Waals surface area contributed by atoms with Gasteiger partial charge in [0, 0.05) is 19.1 Å². The first kappa shape index (κ1) is 16.1. The lowest BCUT2D eigenvalue weighted by Gasteiger charge is -2.33. The molecule has 25 heavy (non-hydrogen) atoms. The molecule has 1 atom stereocenters. The quantitative estimate of drug-likeness (QED) is 0.772. The maximum absolute atomic E-state index is 11.5. The van der Waals surface area contributed by atoms with Gasteiger partial charge < -0.3 is 14.7 Å². The van der Waals surface area contributed by atoms with Crippen LogP contribution < -0.4 is 5.69 Å². The van der Waals surface area contributed by atoms with Crippen molar-refractivity contribution in [2.75, 3.05) is 19.8 Å². The van der Waals surface area contributed by atoms with Crippen molar-refractivity contribution in [3.05, 3.63) is 58.0 Å². The fourth-order valence-corrected chi connectivity index (χ4v) is 3.58. The SMILES string of the molecule is Cc1c(CN2CCOCC2C)cccc1-c1ccc2[nH]c(=O)[nH]c2c1. The number of aromatic nitrogens is 2. The average Bonchev–Trinajstić information content (AvgIpc) is 2.98. The number of aromatic amines is 2. The number of hydrogen-bond donors (Lipinski definition) is 2. The molecule has 4 rings (SSSR count). The summed E-state index contributed by atoms with van der Waals surface area (Å²) in [6.07, 6.45) is 0. The summed E-state index contributed by atoms with van der Waals surface area (Å²) in [7, 11) is 0. The number of nitrogens with zero attached hydrogens (tertiary/aromatic N) is 1. The number of rotatable bonds is 3. The highest BCUT2D eigenvalue weighted by Crippen LogP contribution is 2.28. The van der Waals surface area contributed by atoms with Crippen LogP contribution in [0.25, 0.3) is 22.2 Å². The maximum atomic E-state index is 11.5. The predicted octanol–water partition coefficient (Wildman–Crippen LogP) is 3.05. The van der Waals surface area contributed by atoms with Gasteiger partial charge in [-0.25, -0.2) is 4.79 Å². The first-order valence-electron chi connectivity index (χ1n) is 8.74. The van der Waals surface area contributed by atoms with Gasteiger partial charge in [-0.1, -0.05) is 24.3 Å². The first-order chi connectivity index (χ1) is 12.1. The molecule has 5 nitrogen and oxygen atoms in total. The number of fused-ring (bicyclic) bond motifs is 1. The van der Waals surface area contributed by atoms with E-state index in [0.717, 1.165) is 42.9 Å². The monoisotopic (exact) mass is 337 g/mol. The second kappa shape index (κ2) is 6.50. The molecule has 1 aliphatic heterocycles. The van der Waals surface area contributed by atoms with E-state index in [-0.39, 0.29) is 5.69 Å². The van der Waals surface area contributed by atoms with Gasteiger partial charge in [0.25, 0.3) is 0 Å². The Morgan fingerprint density at radius 2 is 2.04 bits per heavy atom. The van der Waals surface area contributed by atoms with Crippen LogP contribution in [-0.2, 0) is 11.3 Å². The van der Waals surface area contributed by atoms with Gasteiger partial charge in [0.1, 0.15) is 0 Å². The van der Waals surface area contributed by atoms with Crippen LogP contribution in [0.5, 0.6) is 0 Å². The lowest BCUT2D eigenvalue weighted by Crippen LogP contribution is -2.43. The number of nitrogens with one attached hydrogen (secondary N) is 2. The fourth-order valence-electron chi connectivity index (χ4n) is 3.58. The molecule has 2 N–H and O–H groups in total. The Balaban J connectivity index is 1.68. The Bertz CT molecular complexity index is 957. The molecule has 1 aromatic heterocycles. The number of imidazole rings is 1. The molecule has 2 aromatic carbocycles. The summed E-state index contributed by atoms with van der Waals surface area (Å²) in [5, 5.41) is 0. The Morgan fingerprint density at radius 1 is 1.20 bits per heavy atom.